The number of guanidine groups is 1. The Hall–Kier alpha value is -3.78. The fourth-order valence-corrected chi connectivity index (χ4v) is 2.43. The third-order valence-electron chi connectivity index (χ3n) is 3.99. The summed E-state index contributed by atoms with van der Waals surface area (Å²) in [6.07, 6.45) is 1.52. The smallest absolute Gasteiger partial charge is 0.326 e. The van der Waals surface area contributed by atoms with E-state index >= 15 is 0 Å². The van der Waals surface area contributed by atoms with Crippen LogP contribution >= 0.6 is 0 Å². The average molecular weight is 457 g/mol. The van der Waals surface area contributed by atoms with E-state index in [9.17, 15) is 24.3 Å². The van der Waals surface area contributed by atoms with Crippen molar-refractivity contribution in [2.45, 2.75) is 44.2 Å². The Morgan fingerprint density at radius 3 is 2.28 bits per heavy atom. The number of carboxylic acid groups (broad SMARTS) is 1. The maximum Gasteiger partial charge on any atom is 0.326 e. The van der Waals surface area contributed by atoms with Gasteiger partial charge in [0.05, 0.1) is 19.6 Å². The third kappa shape index (κ3) is 14.2. The molecule has 3 amide bonds. The number of amides is 3. The van der Waals surface area contributed by atoms with Gasteiger partial charge in [0.2, 0.25) is 17.7 Å². The van der Waals surface area contributed by atoms with Crippen LogP contribution in [-0.2, 0) is 19.2 Å². The Labute approximate surface area is 184 Å². The number of nitrogens with two attached hydrogens (primary N) is 3. The van der Waals surface area contributed by atoms with Crippen molar-refractivity contribution in [3.63, 3.8) is 0 Å². The van der Waals surface area contributed by atoms with E-state index in [1.54, 1.807) is 0 Å². The van der Waals surface area contributed by atoms with Gasteiger partial charge in [-0.3, -0.25) is 24.8 Å². The third-order valence-corrected chi connectivity index (χ3v) is 3.99. The Bertz CT molecular complexity index is 704. The fraction of sp³-hybridized carbons (Fsp3) is 0.688. The van der Waals surface area contributed by atoms with E-state index in [0.717, 1.165) is 0 Å². The van der Waals surface area contributed by atoms with Crippen LogP contribution in [-0.4, -0.2) is 73.0 Å². The highest BCUT2D eigenvalue weighted by Gasteiger charge is 2.26. The molecule has 0 bridgehead atoms. The molecule has 32 heavy (non-hydrogen) atoms. The lowest BCUT2D eigenvalue weighted by atomic mass is 10.1. The molecule has 0 unspecified atom stereocenters. The van der Waals surface area contributed by atoms with Crippen LogP contribution in [0.15, 0.2) is 10.2 Å². The highest BCUT2D eigenvalue weighted by Crippen LogP contribution is 2.04. The monoisotopic (exact) mass is 457 g/mol. The molecule has 180 valence electrons. The van der Waals surface area contributed by atoms with Gasteiger partial charge in [-0.2, -0.15) is 4.91 Å². The lowest BCUT2D eigenvalue weighted by Crippen LogP contribution is -2.53. The minimum Gasteiger partial charge on any atom is -0.480 e. The maximum absolute atomic E-state index is 12.6. The van der Waals surface area contributed by atoms with Crippen LogP contribution < -0.4 is 38.6 Å². The van der Waals surface area contributed by atoms with Crippen molar-refractivity contribution in [2.24, 2.45) is 27.4 Å². The molecule has 16 heteroatoms. The van der Waals surface area contributed by atoms with Crippen LogP contribution in [0, 0.1) is 0 Å². The van der Waals surface area contributed by atoms with Crippen molar-refractivity contribution >= 4 is 29.7 Å². The minimum absolute atomic E-state index is 0.125. The first-order valence-corrected chi connectivity index (χ1v) is 9.82. The predicted octanol–water partition coefficient (Wildman–Crippen LogP) is -2.85. The second-order valence-corrected chi connectivity index (χ2v) is 6.54. The molecule has 0 radical (unpaired) electrons. The van der Waals surface area contributed by atoms with Crippen molar-refractivity contribution in [3.05, 3.63) is 10.4 Å². The lowest BCUT2D eigenvalue weighted by molar-refractivity contribution is -0.142. The number of hydrogen-bond acceptors (Lipinski definition) is 7. The van der Waals surface area contributed by atoms with Gasteiger partial charge < -0.3 is 38.3 Å². The Kier molecular flexibility index (Phi) is 15.0. The van der Waals surface area contributed by atoms with Crippen molar-refractivity contribution in [1.82, 2.24) is 21.4 Å². The van der Waals surface area contributed by atoms with E-state index in [2.05, 4.69) is 36.5 Å². The molecule has 0 heterocycles. The zero-order valence-corrected chi connectivity index (χ0v) is 17.6. The van der Waals surface area contributed by atoms with E-state index < -0.39 is 42.3 Å². The van der Waals surface area contributed by atoms with Gasteiger partial charge in [-0.05, 0) is 37.3 Å². The number of unbranched alkanes of at least 4 members (excludes halogenated alkanes) is 1. The molecule has 0 aliphatic carbocycles. The highest BCUT2D eigenvalue weighted by atomic mass is 16.4. The van der Waals surface area contributed by atoms with Crippen molar-refractivity contribution < 1.29 is 24.3 Å². The molecule has 2 atom stereocenters. The Morgan fingerprint density at radius 2 is 1.69 bits per heavy atom. The topological polar surface area (TPSA) is 276 Å². The predicted molar refractivity (Wildman–Crippen MR) is 114 cm³/mol. The minimum atomic E-state index is -1.23. The van der Waals surface area contributed by atoms with Gasteiger partial charge in [-0.1, -0.05) is 0 Å². The first-order chi connectivity index (χ1) is 15.2. The number of carboxylic acids is 1. The average Bonchev–Trinajstić information content (AvgIpc) is 2.75. The van der Waals surface area contributed by atoms with Crippen LogP contribution in [0.4, 0.5) is 0 Å². The normalized spacial score (nSPS) is 11.8. The summed E-state index contributed by atoms with van der Waals surface area (Å²) < 4.78 is 0. The first-order valence-electron chi connectivity index (χ1n) is 9.82. The molecule has 11 N–H and O–H groups in total. The maximum atomic E-state index is 12.6. The number of aliphatic imine (C=N–C) groups is 1. The largest absolute Gasteiger partial charge is 0.480 e. The molecule has 0 spiro atoms. The van der Waals surface area contributed by atoms with E-state index in [4.69, 9.17) is 22.7 Å². The molecule has 0 saturated heterocycles. The number of carbonyl (C=O) groups is 4. The summed E-state index contributed by atoms with van der Waals surface area (Å²) in [5, 5.41) is 19.7. The molecule has 16 nitrogen and oxygen atoms in total. The number of carbonyl (C=O) groups excluding carboxylic acids is 3. The standard InChI is InChI=1S/C16H31N11O5/c17-8-12(28)22-9-13(29)24-10(5-3-6-21-16(18)19)14(30)25-11(15(31)32)4-1-2-7-23-27-26-20/h10-11,23H,1-9,17H2,(H,22,28)(H,24,29)(H,25,30)(H,31,32)(H4,18,19,21)/t10-,11-/m0/s1. The second kappa shape index (κ2) is 17.0. The molecule has 0 aliphatic rings. The van der Waals surface area contributed by atoms with E-state index in [1.807, 2.05) is 0 Å². The summed E-state index contributed by atoms with van der Waals surface area (Å²) in [7, 11) is 0. The van der Waals surface area contributed by atoms with E-state index in [0.29, 0.717) is 25.8 Å². The second-order valence-electron chi connectivity index (χ2n) is 6.54. The molecular formula is C16H31N11O5. The van der Waals surface area contributed by atoms with Crippen LogP contribution in [0.2, 0.25) is 0 Å². The van der Waals surface area contributed by atoms with Crippen molar-refractivity contribution in [1.29, 1.82) is 0 Å². The number of hydrogen-bond donors (Lipinski definition) is 8. The van der Waals surface area contributed by atoms with E-state index in [1.165, 1.54) is 0 Å². The molecule has 0 fully saturated rings. The summed E-state index contributed by atoms with van der Waals surface area (Å²) in [4.78, 5) is 53.7. The number of nitrogens with zero attached hydrogens (tertiary/aromatic N) is 4. The van der Waals surface area contributed by atoms with Crippen molar-refractivity contribution in [3.8, 4) is 0 Å². The summed E-state index contributed by atoms with van der Waals surface area (Å²) in [5.41, 5.74) is 26.3. The molecule has 0 aliphatic heterocycles. The Balaban J connectivity index is 4.92. The van der Waals surface area contributed by atoms with Crippen LogP contribution in [0.3, 0.4) is 0 Å². The molecule has 0 aromatic rings. The molecule has 0 aromatic heterocycles. The zero-order valence-electron chi connectivity index (χ0n) is 17.6. The molecule has 0 aromatic carbocycles. The SMILES string of the molecule is [N-]=[N+]=NNCCCC[C@H](NC(=O)[C@H](CCCN=C(N)N)NC(=O)CNC(=O)CN)C(=O)O. The molecule has 0 saturated carbocycles. The number of aliphatic carboxylic acids is 1. The fourth-order valence-electron chi connectivity index (χ4n) is 2.43. The van der Waals surface area contributed by atoms with Gasteiger partial charge >= 0.3 is 5.97 Å². The highest BCUT2D eigenvalue weighted by molar-refractivity contribution is 5.92. The Morgan fingerprint density at radius 1 is 1.00 bits per heavy atom. The van der Waals surface area contributed by atoms with Gasteiger partial charge in [-0.25, -0.2) is 4.79 Å². The van der Waals surface area contributed by atoms with Gasteiger partial charge in [0.15, 0.2) is 5.96 Å². The molecular weight excluding hydrogens is 426 g/mol. The summed E-state index contributed by atoms with van der Waals surface area (Å²) in [6, 6.07) is -2.25. The number of rotatable bonds is 17. The van der Waals surface area contributed by atoms with Crippen LogP contribution in [0.25, 0.3) is 10.4 Å². The first kappa shape index (κ1) is 28.2. The van der Waals surface area contributed by atoms with Gasteiger partial charge in [0.1, 0.15) is 12.1 Å². The van der Waals surface area contributed by atoms with E-state index in [-0.39, 0.29) is 31.9 Å². The van der Waals surface area contributed by atoms with Crippen molar-refractivity contribution in [2.75, 3.05) is 26.2 Å². The zero-order chi connectivity index (χ0) is 24.4. The number of nitrogens with one attached hydrogen (secondary N) is 4. The number of azide groups is 1. The van der Waals surface area contributed by atoms with Crippen LogP contribution in [0.5, 0.6) is 0 Å². The summed E-state index contributed by atoms with van der Waals surface area (Å²) in [5.74, 6) is -3.25. The lowest BCUT2D eigenvalue weighted by Gasteiger charge is -2.21. The van der Waals surface area contributed by atoms with Gasteiger partial charge in [-0.15, -0.1) is 5.53 Å². The van der Waals surface area contributed by atoms with Gasteiger partial charge in [0.25, 0.3) is 0 Å². The molecule has 0 rings (SSSR count). The van der Waals surface area contributed by atoms with Crippen LogP contribution in [0.1, 0.15) is 32.1 Å². The summed E-state index contributed by atoms with van der Waals surface area (Å²) >= 11 is 0. The van der Waals surface area contributed by atoms with Gasteiger partial charge in [0, 0.05) is 6.54 Å². The summed E-state index contributed by atoms with van der Waals surface area (Å²) in [6.45, 7) is -0.141. The quantitative estimate of drug-likeness (QED) is 0.0212.